The standard InChI is InChI=1S/C14H14N2O2/c17-14(18)12-6-3-9-16(12)13-8-7-10-4-1-2-5-11(10)15-13/h1-2,4-5,7-8,12H,3,6,9H2,(H,17,18)/t12-/m0/s1. The van der Waals surface area contributed by atoms with Crippen LogP contribution in [-0.2, 0) is 4.79 Å². The van der Waals surface area contributed by atoms with Gasteiger partial charge in [0.05, 0.1) is 5.52 Å². The predicted octanol–water partition coefficient (Wildman–Crippen LogP) is 2.29. The molecule has 1 saturated heterocycles. The first kappa shape index (κ1) is 11.0. The zero-order valence-electron chi connectivity index (χ0n) is 9.91. The van der Waals surface area contributed by atoms with Crippen molar-refractivity contribution in [3.8, 4) is 0 Å². The van der Waals surface area contributed by atoms with E-state index in [1.165, 1.54) is 0 Å². The van der Waals surface area contributed by atoms with Crippen molar-refractivity contribution in [1.29, 1.82) is 0 Å². The second-order valence-electron chi connectivity index (χ2n) is 4.55. The molecule has 0 saturated carbocycles. The molecule has 1 N–H and O–H groups in total. The lowest BCUT2D eigenvalue weighted by Crippen LogP contribution is -2.36. The summed E-state index contributed by atoms with van der Waals surface area (Å²) in [6, 6.07) is 11.3. The molecule has 1 aromatic heterocycles. The topological polar surface area (TPSA) is 53.4 Å². The molecular formula is C14H14N2O2. The number of para-hydroxylation sites is 1. The van der Waals surface area contributed by atoms with Crippen LogP contribution in [0.15, 0.2) is 36.4 Å². The molecule has 0 amide bonds. The van der Waals surface area contributed by atoms with Gasteiger partial charge in [-0.15, -0.1) is 0 Å². The molecule has 1 fully saturated rings. The molecule has 1 aliphatic heterocycles. The molecule has 4 nitrogen and oxygen atoms in total. The molecule has 0 radical (unpaired) electrons. The number of rotatable bonds is 2. The minimum absolute atomic E-state index is 0.432. The third kappa shape index (κ3) is 1.79. The number of aromatic nitrogens is 1. The summed E-state index contributed by atoms with van der Waals surface area (Å²) in [5.41, 5.74) is 0.908. The normalized spacial score (nSPS) is 19.3. The van der Waals surface area contributed by atoms with Crippen LogP contribution in [0.25, 0.3) is 10.9 Å². The third-order valence-corrected chi connectivity index (χ3v) is 3.42. The van der Waals surface area contributed by atoms with E-state index in [-0.39, 0.29) is 0 Å². The summed E-state index contributed by atoms with van der Waals surface area (Å²) in [4.78, 5) is 17.6. The first-order valence-corrected chi connectivity index (χ1v) is 6.11. The molecule has 0 bridgehead atoms. The Kier molecular flexibility index (Phi) is 2.63. The van der Waals surface area contributed by atoms with E-state index in [2.05, 4.69) is 4.98 Å². The number of carbonyl (C=O) groups is 1. The van der Waals surface area contributed by atoms with E-state index >= 15 is 0 Å². The van der Waals surface area contributed by atoms with Crippen molar-refractivity contribution < 1.29 is 9.90 Å². The number of fused-ring (bicyclic) bond motifs is 1. The molecule has 2 aromatic rings. The molecule has 0 aliphatic carbocycles. The summed E-state index contributed by atoms with van der Waals surface area (Å²) in [5, 5.41) is 10.3. The van der Waals surface area contributed by atoms with Gasteiger partial charge < -0.3 is 10.0 Å². The Morgan fingerprint density at radius 2 is 2.11 bits per heavy atom. The summed E-state index contributed by atoms with van der Waals surface area (Å²) < 4.78 is 0. The van der Waals surface area contributed by atoms with Crippen molar-refractivity contribution in [3.05, 3.63) is 36.4 Å². The fraction of sp³-hybridized carbons (Fsp3) is 0.286. The van der Waals surface area contributed by atoms with Gasteiger partial charge in [0.15, 0.2) is 0 Å². The summed E-state index contributed by atoms with van der Waals surface area (Å²) >= 11 is 0. The van der Waals surface area contributed by atoms with Gasteiger partial charge in [0.1, 0.15) is 11.9 Å². The first-order valence-electron chi connectivity index (χ1n) is 6.11. The number of aliphatic carboxylic acids is 1. The van der Waals surface area contributed by atoms with E-state index in [4.69, 9.17) is 0 Å². The summed E-state index contributed by atoms with van der Waals surface area (Å²) in [6.45, 7) is 0.766. The Morgan fingerprint density at radius 1 is 1.28 bits per heavy atom. The Labute approximate surface area is 105 Å². The lowest BCUT2D eigenvalue weighted by molar-refractivity contribution is -0.138. The Balaban J connectivity index is 2.01. The Bertz CT molecular complexity index is 597. The molecule has 18 heavy (non-hydrogen) atoms. The molecule has 3 rings (SSSR count). The molecule has 1 atom stereocenters. The average molecular weight is 242 g/mol. The highest BCUT2D eigenvalue weighted by atomic mass is 16.4. The maximum absolute atomic E-state index is 11.2. The van der Waals surface area contributed by atoms with Gasteiger partial charge >= 0.3 is 5.97 Å². The predicted molar refractivity (Wildman–Crippen MR) is 69.7 cm³/mol. The van der Waals surface area contributed by atoms with Gasteiger partial charge in [0, 0.05) is 11.9 Å². The largest absolute Gasteiger partial charge is 0.480 e. The number of pyridine rings is 1. The molecule has 2 heterocycles. The lowest BCUT2D eigenvalue weighted by atomic mass is 10.2. The zero-order chi connectivity index (χ0) is 12.5. The summed E-state index contributed by atoms with van der Waals surface area (Å²) in [7, 11) is 0. The maximum Gasteiger partial charge on any atom is 0.326 e. The number of hydrogen-bond acceptors (Lipinski definition) is 3. The van der Waals surface area contributed by atoms with Crippen molar-refractivity contribution in [2.24, 2.45) is 0 Å². The van der Waals surface area contributed by atoms with Crippen molar-refractivity contribution in [2.75, 3.05) is 11.4 Å². The molecule has 0 unspecified atom stereocenters. The zero-order valence-corrected chi connectivity index (χ0v) is 9.91. The SMILES string of the molecule is O=C(O)[C@@H]1CCCN1c1ccc2ccccc2n1. The maximum atomic E-state index is 11.2. The van der Waals surface area contributed by atoms with Gasteiger partial charge in [0.25, 0.3) is 0 Å². The van der Waals surface area contributed by atoms with Gasteiger partial charge in [0.2, 0.25) is 0 Å². The van der Waals surface area contributed by atoms with E-state index in [1.54, 1.807) is 0 Å². The van der Waals surface area contributed by atoms with E-state index in [1.807, 2.05) is 41.3 Å². The monoisotopic (exact) mass is 242 g/mol. The van der Waals surface area contributed by atoms with Crippen LogP contribution in [0.2, 0.25) is 0 Å². The van der Waals surface area contributed by atoms with E-state index in [0.717, 1.165) is 29.7 Å². The van der Waals surface area contributed by atoms with Gasteiger partial charge in [-0.25, -0.2) is 9.78 Å². The van der Waals surface area contributed by atoms with Crippen molar-refractivity contribution >= 4 is 22.7 Å². The minimum atomic E-state index is -0.762. The highest BCUT2D eigenvalue weighted by molar-refractivity contribution is 5.82. The number of benzene rings is 1. The van der Waals surface area contributed by atoms with Crippen LogP contribution in [0.1, 0.15) is 12.8 Å². The second kappa shape index (κ2) is 4.29. The van der Waals surface area contributed by atoms with E-state index in [9.17, 15) is 9.90 Å². The van der Waals surface area contributed by atoms with Gasteiger partial charge in [-0.05, 0) is 31.0 Å². The van der Waals surface area contributed by atoms with E-state index < -0.39 is 12.0 Å². The van der Waals surface area contributed by atoms with E-state index in [0.29, 0.717) is 6.42 Å². The molecular weight excluding hydrogens is 228 g/mol. The quantitative estimate of drug-likeness (QED) is 0.877. The number of carboxylic acids is 1. The van der Waals surface area contributed by atoms with Crippen molar-refractivity contribution in [2.45, 2.75) is 18.9 Å². The summed E-state index contributed by atoms with van der Waals surface area (Å²) in [6.07, 6.45) is 1.61. The number of nitrogens with zero attached hydrogens (tertiary/aromatic N) is 2. The Morgan fingerprint density at radius 3 is 2.94 bits per heavy atom. The smallest absolute Gasteiger partial charge is 0.326 e. The minimum Gasteiger partial charge on any atom is -0.480 e. The third-order valence-electron chi connectivity index (χ3n) is 3.42. The molecule has 92 valence electrons. The van der Waals surface area contributed by atoms with Crippen LogP contribution in [-0.4, -0.2) is 28.6 Å². The summed E-state index contributed by atoms with van der Waals surface area (Å²) in [5.74, 6) is 0.000980. The van der Waals surface area contributed by atoms with Crippen LogP contribution in [0, 0.1) is 0 Å². The highest BCUT2D eigenvalue weighted by Gasteiger charge is 2.31. The van der Waals surface area contributed by atoms with Gasteiger partial charge in [-0.1, -0.05) is 18.2 Å². The van der Waals surface area contributed by atoms with Crippen LogP contribution >= 0.6 is 0 Å². The van der Waals surface area contributed by atoms with Crippen LogP contribution in [0.3, 0.4) is 0 Å². The number of hydrogen-bond donors (Lipinski definition) is 1. The van der Waals surface area contributed by atoms with Gasteiger partial charge in [-0.3, -0.25) is 0 Å². The van der Waals surface area contributed by atoms with Crippen molar-refractivity contribution in [3.63, 3.8) is 0 Å². The van der Waals surface area contributed by atoms with Crippen LogP contribution in [0.4, 0.5) is 5.82 Å². The average Bonchev–Trinajstić information content (AvgIpc) is 2.87. The van der Waals surface area contributed by atoms with Crippen LogP contribution < -0.4 is 4.90 Å². The van der Waals surface area contributed by atoms with Crippen LogP contribution in [0.5, 0.6) is 0 Å². The lowest BCUT2D eigenvalue weighted by Gasteiger charge is -2.22. The molecule has 0 spiro atoms. The fourth-order valence-electron chi connectivity index (χ4n) is 2.51. The van der Waals surface area contributed by atoms with Gasteiger partial charge in [-0.2, -0.15) is 0 Å². The van der Waals surface area contributed by atoms with Crippen molar-refractivity contribution in [1.82, 2.24) is 4.98 Å². The molecule has 1 aromatic carbocycles. The fourth-order valence-corrected chi connectivity index (χ4v) is 2.51. The Hall–Kier alpha value is -2.10. The molecule has 4 heteroatoms. The highest BCUT2D eigenvalue weighted by Crippen LogP contribution is 2.25. The number of carboxylic acid groups (broad SMARTS) is 1. The number of anilines is 1. The second-order valence-corrected chi connectivity index (χ2v) is 4.55. The first-order chi connectivity index (χ1) is 8.75. The molecule has 1 aliphatic rings.